The fraction of sp³-hybridized carbons (Fsp3) is 0.167. The number of hydrogen-bond acceptors (Lipinski definition) is 4. The van der Waals surface area contributed by atoms with E-state index in [9.17, 15) is 9.59 Å². The minimum absolute atomic E-state index is 0.0206. The molecule has 0 saturated carbocycles. The first-order chi connectivity index (χ1) is 9.58. The van der Waals surface area contributed by atoms with E-state index in [-0.39, 0.29) is 24.0 Å². The Hall–Kier alpha value is -2.41. The summed E-state index contributed by atoms with van der Waals surface area (Å²) in [6.07, 6.45) is 0. The van der Waals surface area contributed by atoms with Crippen LogP contribution in [0.25, 0.3) is 0 Å². The van der Waals surface area contributed by atoms with Crippen LogP contribution >= 0.6 is 11.6 Å². The number of aromatic nitrogens is 3. The van der Waals surface area contributed by atoms with Crippen molar-refractivity contribution in [2.24, 2.45) is 0 Å². The van der Waals surface area contributed by atoms with Gasteiger partial charge < -0.3 is 10.6 Å². The molecular formula is C12H12ClN5O2. The molecule has 0 spiro atoms. The van der Waals surface area contributed by atoms with Crippen LogP contribution in [0.15, 0.2) is 24.3 Å². The highest BCUT2D eigenvalue weighted by Crippen LogP contribution is 2.15. The third kappa shape index (κ3) is 3.33. The van der Waals surface area contributed by atoms with E-state index in [1.807, 2.05) is 6.07 Å². The molecule has 2 rings (SSSR count). The lowest BCUT2D eigenvalue weighted by Crippen LogP contribution is -2.25. The molecule has 1 aromatic heterocycles. The molecule has 2 aromatic rings. The summed E-state index contributed by atoms with van der Waals surface area (Å²) in [4.78, 5) is 22.9. The van der Waals surface area contributed by atoms with Crippen LogP contribution in [-0.4, -0.2) is 27.2 Å². The van der Waals surface area contributed by atoms with Gasteiger partial charge in [-0.2, -0.15) is 5.21 Å². The molecule has 104 valence electrons. The normalized spacial score (nSPS) is 10.1. The smallest absolute Gasteiger partial charge is 0.275 e. The molecule has 0 aliphatic heterocycles. The molecule has 0 atom stereocenters. The monoisotopic (exact) mass is 293 g/mol. The van der Waals surface area contributed by atoms with Crippen LogP contribution in [0.4, 0.5) is 5.82 Å². The van der Waals surface area contributed by atoms with E-state index in [1.54, 1.807) is 18.2 Å². The van der Waals surface area contributed by atoms with Gasteiger partial charge in [-0.05, 0) is 11.6 Å². The van der Waals surface area contributed by atoms with Crippen molar-refractivity contribution in [2.75, 3.05) is 5.32 Å². The largest absolute Gasteiger partial charge is 0.346 e. The highest BCUT2D eigenvalue weighted by atomic mass is 35.5. The zero-order chi connectivity index (χ0) is 14.5. The molecule has 1 heterocycles. The minimum Gasteiger partial charge on any atom is -0.346 e. The number of amides is 2. The molecule has 0 unspecified atom stereocenters. The quantitative estimate of drug-likeness (QED) is 0.792. The number of aromatic amines is 1. The highest BCUT2D eigenvalue weighted by molar-refractivity contribution is 6.31. The van der Waals surface area contributed by atoms with Crippen LogP contribution < -0.4 is 10.6 Å². The molecule has 1 aromatic carbocycles. The van der Waals surface area contributed by atoms with Gasteiger partial charge in [0.1, 0.15) is 0 Å². The summed E-state index contributed by atoms with van der Waals surface area (Å²) in [7, 11) is 0. The van der Waals surface area contributed by atoms with E-state index in [1.165, 1.54) is 6.92 Å². The fourth-order valence-electron chi connectivity index (χ4n) is 1.54. The second kappa shape index (κ2) is 6.16. The average molecular weight is 294 g/mol. The number of nitrogens with one attached hydrogen (secondary N) is 3. The first-order valence-electron chi connectivity index (χ1n) is 5.78. The molecular weight excluding hydrogens is 282 g/mol. The van der Waals surface area contributed by atoms with Crippen LogP contribution in [0, 0.1) is 0 Å². The van der Waals surface area contributed by atoms with Gasteiger partial charge in [0.05, 0.1) is 0 Å². The van der Waals surface area contributed by atoms with Gasteiger partial charge in [-0.15, -0.1) is 10.2 Å². The number of carbonyl (C=O) groups is 2. The zero-order valence-corrected chi connectivity index (χ0v) is 11.4. The molecule has 8 heteroatoms. The van der Waals surface area contributed by atoms with E-state index in [0.29, 0.717) is 5.02 Å². The number of carbonyl (C=O) groups excluding carboxylic acids is 2. The zero-order valence-electron chi connectivity index (χ0n) is 10.6. The van der Waals surface area contributed by atoms with E-state index >= 15 is 0 Å². The Kier molecular flexibility index (Phi) is 4.31. The highest BCUT2D eigenvalue weighted by Gasteiger charge is 2.17. The standard InChI is InChI=1S/C12H12ClN5O2/c1-7(19)15-11-10(16-18-17-11)12(20)14-6-8-4-2-3-5-9(8)13/h2-5H,6H2,1H3,(H,14,20)(H2,15,16,17,18,19). The second-order valence-electron chi connectivity index (χ2n) is 3.98. The van der Waals surface area contributed by atoms with Crippen molar-refractivity contribution in [1.82, 2.24) is 20.7 Å². The lowest BCUT2D eigenvalue weighted by atomic mass is 10.2. The van der Waals surface area contributed by atoms with Crippen LogP contribution in [-0.2, 0) is 11.3 Å². The third-order valence-corrected chi connectivity index (χ3v) is 2.82. The van der Waals surface area contributed by atoms with Crippen LogP contribution in [0.1, 0.15) is 23.0 Å². The summed E-state index contributed by atoms with van der Waals surface area (Å²) in [6.45, 7) is 1.57. The summed E-state index contributed by atoms with van der Waals surface area (Å²) in [5.41, 5.74) is 0.805. The second-order valence-corrected chi connectivity index (χ2v) is 4.38. The first-order valence-corrected chi connectivity index (χ1v) is 6.15. The van der Waals surface area contributed by atoms with Crippen LogP contribution in [0.3, 0.4) is 0 Å². The van der Waals surface area contributed by atoms with Gasteiger partial charge in [0.15, 0.2) is 11.5 Å². The van der Waals surface area contributed by atoms with Crippen molar-refractivity contribution in [3.8, 4) is 0 Å². The number of halogens is 1. The molecule has 0 bridgehead atoms. The lowest BCUT2D eigenvalue weighted by molar-refractivity contribution is -0.114. The predicted molar refractivity (Wildman–Crippen MR) is 73.3 cm³/mol. The summed E-state index contributed by atoms with van der Waals surface area (Å²) in [5.74, 6) is -0.698. The molecule has 7 nitrogen and oxygen atoms in total. The fourth-order valence-corrected chi connectivity index (χ4v) is 1.75. The number of benzene rings is 1. The number of nitrogens with zero attached hydrogens (tertiary/aromatic N) is 2. The molecule has 2 amide bonds. The van der Waals surface area contributed by atoms with Gasteiger partial charge in [0.25, 0.3) is 5.91 Å². The van der Waals surface area contributed by atoms with Crippen LogP contribution in [0.5, 0.6) is 0 Å². The maximum atomic E-state index is 12.0. The first kappa shape index (κ1) is 14.0. The summed E-state index contributed by atoms with van der Waals surface area (Å²) >= 11 is 5.99. The summed E-state index contributed by atoms with van der Waals surface area (Å²) < 4.78 is 0. The van der Waals surface area contributed by atoms with Gasteiger partial charge in [-0.1, -0.05) is 29.8 Å². The Morgan fingerprint density at radius 1 is 1.30 bits per heavy atom. The van der Waals surface area contributed by atoms with Gasteiger partial charge in [-0.3, -0.25) is 9.59 Å². The van der Waals surface area contributed by atoms with Crippen LogP contribution in [0.2, 0.25) is 5.02 Å². The maximum absolute atomic E-state index is 12.0. The van der Waals surface area contributed by atoms with Crippen molar-refractivity contribution in [3.63, 3.8) is 0 Å². The number of anilines is 1. The Bertz CT molecular complexity index is 640. The van der Waals surface area contributed by atoms with E-state index in [4.69, 9.17) is 11.6 Å². The molecule has 0 fully saturated rings. The predicted octanol–water partition coefficient (Wildman–Crippen LogP) is 1.35. The van der Waals surface area contributed by atoms with E-state index in [2.05, 4.69) is 26.0 Å². The molecule has 0 saturated heterocycles. The summed E-state index contributed by atoms with van der Waals surface area (Å²) in [6, 6.07) is 7.17. The van der Waals surface area contributed by atoms with Crippen molar-refractivity contribution >= 4 is 29.2 Å². The number of hydrogen-bond donors (Lipinski definition) is 3. The van der Waals surface area contributed by atoms with Gasteiger partial charge in [0, 0.05) is 18.5 Å². The third-order valence-electron chi connectivity index (χ3n) is 2.45. The van der Waals surface area contributed by atoms with Gasteiger partial charge in [-0.25, -0.2) is 0 Å². The van der Waals surface area contributed by atoms with Crippen molar-refractivity contribution in [2.45, 2.75) is 13.5 Å². The Balaban J connectivity index is 2.04. The maximum Gasteiger partial charge on any atom is 0.275 e. The lowest BCUT2D eigenvalue weighted by Gasteiger charge is -2.06. The number of rotatable bonds is 4. The van der Waals surface area contributed by atoms with Crippen molar-refractivity contribution < 1.29 is 9.59 Å². The number of H-pyrrole nitrogens is 1. The van der Waals surface area contributed by atoms with Gasteiger partial charge in [0.2, 0.25) is 5.91 Å². The van der Waals surface area contributed by atoms with Gasteiger partial charge >= 0.3 is 0 Å². The van der Waals surface area contributed by atoms with E-state index < -0.39 is 5.91 Å². The van der Waals surface area contributed by atoms with Crippen molar-refractivity contribution in [3.05, 3.63) is 40.5 Å². The molecule has 3 N–H and O–H groups in total. The minimum atomic E-state index is -0.456. The Morgan fingerprint density at radius 2 is 2.05 bits per heavy atom. The Labute approximate surface area is 119 Å². The average Bonchev–Trinajstić information content (AvgIpc) is 2.85. The Morgan fingerprint density at radius 3 is 2.75 bits per heavy atom. The van der Waals surface area contributed by atoms with Crippen molar-refractivity contribution in [1.29, 1.82) is 0 Å². The van der Waals surface area contributed by atoms with E-state index in [0.717, 1.165) is 5.56 Å². The molecule has 0 aliphatic carbocycles. The topological polar surface area (TPSA) is 99.8 Å². The SMILES string of the molecule is CC(=O)Nc1n[nH]nc1C(=O)NCc1ccccc1Cl. The molecule has 0 aliphatic rings. The molecule has 0 radical (unpaired) electrons. The molecule has 20 heavy (non-hydrogen) atoms. The summed E-state index contributed by atoms with van der Waals surface area (Å²) in [5, 5.41) is 15.3.